The number of hydrogen-bond acceptors (Lipinski definition) is 5. The number of hydrogen-bond donors (Lipinski definition) is 1. The van der Waals surface area contributed by atoms with Gasteiger partial charge in [-0.1, -0.05) is 31.4 Å². The number of amides is 1. The number of carbonyl (C=O) groups is 1. The summed E-state index contributed by atoms with van der Waals surface area (Å²) in [6, 6.07) is 8.11. The second-order valence-electron chi connectivity index (χ2n) is 5.80. The van der Waals surface area contributed by atoms with E-state index in [4.69, 9.17) is 0 Å². The van der Waals surface area contributed by atoms with E-state index in [-0.39, 0.29) is 28.9 Å². The monoisotopic (exact) mass is 328 g/mol. The summed E-state index contributed by atoms with van der Waals surface area (Å²) < 4.78 is 0. The first kappa shape index (κ1) is 17.5. The van der Waals surface area contributed by atoms with Crippen molar-refractivity contribution in [2.75, 3.05) is 12.4 Å². The molecule has 0 atom stereocenters. The van der Waals surface area contributed by atoms with Crippen molar-refractivity contribution < 1.29 is 9.72 Å². The second kappa shape index (κ2) is 8.11. The van der Waals surface area contributed by atoms with E-state index in [1.807, 2.05) is 6.07 Å². The molecule has 1 fully saturated rings. The lowest BCUT2D eigenvalue weighted by Gasteiger charge is -2.31. The molecule has 1 aromatic rings. The Balaban J connectivity index is 2.13. The Kier molecular flexibility index (Phi) is 5.90. The summed E-state index contributed by atoms with van der Waals surface area (Å²) in [5.41, 5.74) is 0.0590. The highest BCUT2D eigenvalue weighted by Gasteiger charge is 2.24. The first-order valence-electron chi connectivity index (χ1n) is 7.92. The van der Waals surface area contributed by atoms with Crippen molar-refractivity contribution in [2.24, 2.45) is 0 Å². The molecule has 1 N–H and O–H groups in total. The Morgan fingerprint density at radius 3 is 2.67 bits per heavy atom. The zero-order valence-electron chi connectivity index (χ0n) is 13.6. The second-order valence-corrected chi connectivity index (χ2v) is 5.80. The van der Waals surface area contributed by atoms with Crippen LogP contribution >= 0.6 is 0 Å². The molecular weight excluding hydrogens is 308 g/mol. The number of nitro groups is 1. The van der Waals surface area contributed by atoms with Crippen LogP contribution in [0.2, 0.25) is 0 Å². The maximum atomic E-state index is 12.5. The number of para-hydroxylation sites is 2. The quantitative estimate of drug-likeness (QED) is 0.387. The van der Waals surface area contributed by atoms with Gasteiger partial charge in [-0.15, -0.1) is 0 Å². The first-order valence-corrected chi connectivity index (χ1v) is 7.92. The van der Waals surface area contributed by atoms with E-state index in [9.17, 15) is 20.2 Å². The number of anilines is 1. The lowest BCUT2D eigenvalue weighted by molar-refractivity contribution is -0.383. The number of carbonyl (C=O) groups excluding carboxylic acids is 1. The number of nitriles is 1. The van der Waals surface area contributed by atoms with Crippen molar-refractivity contribution in [3.05, 3.63) is 46.2 Å². The van der Waals surface area contributed by atoms with Crippen LogP contribution in [0.15, 0.2) is 36.0 Å². The molecule has 0 heterocycles. The number of nitro benzene ring substituents is 1. The Morgan fingerprint density at radius 1 is 1.38 bits per heavy atom. The number of nitrogens with zero attached hydrogens (tertiary/aromatic N) is 3. The maximum Gasteiger partial charge on any atom is 0.292 e. The van der Waals surface area contributed by atoms with E-state index >= 15 is 0 Å². The van der Waals surface area contributed by atoms with Crippen LogP contribution in [0.4, 0.5) is 11.4 Å². The summed E-state index contributed by atoms with van der Waals surface area (Å²) in [6.45, 7) is 0. The van der Waals surface area contributed by atoms with Crippen molar-refractivity contribution in [1.82, 2.24) is 4.90 Å². The highest BCUT2D eigenvalue weighted by Crippen LogP contribution is 2.24. The summed E-state index contributed by atoms with van der Waals surface area (Å²) in [5, 5.41) is 23.0. The molecule has 7 heteroatoms. The lowest BCUT2D eigenvalue weighted by Crippen LogP contribution is -2.39. The molecule has 1 aliphatic rings. The first-order chi connectivity index (χ1) is 11.5. The van der Waals surface area contributed by atoms with Gasteiger partial charge in [0.15, 0.2) is 0 Å². The van der Waals surface area contributed by atoms with Gasteiger partial charge in [0.2, 0.25) is 0 Å². The largest absolute Gasteiger partial charge is 0.355 e. The molecule has 7 nitrogen and oxygen atoms in total. The molecule has 1 aliphatic carbocycles. The molecule has 24 heavy (non-hydrogen) atoms. The van der Waals surface area contributed by atoms with E-state index in [1.54, 1.807) is 24.1 Å². The molecular formula is C17H20N4O3. The van der Waals surface area contributed by atoms with Crippen molar-refractivity contribution in [3.63, 3.8) is 0 Å². The van der Waals surface area contributed by atoms with Crippen molar-refractivity contribution in [2.45, 2.75) is 38.1 Å². The summed E-state index contributed by atoms with van der Waals surface area (Å²) in [7, 11) is 1.70. The van der Waals surface area contributed by atoms with E-state index in [1.165, 1.54) is 24.8 Å². The van der Waals surface area contributed by atoms with Gasteiger partial charge in [-0.3, -0.25) is 14.9 Å². The topological polar surface area (TPSA) is 99.3 Å². The van der Waals surface area contributed by atoms with Crippen LogP contribution in [-0.2, 0) is 4.79 Å². The predicted molar refractivity (Wildman–Crippen MR) is 90.1 cm³/mol. The fraction of sp³-hybridized carbons (Fsp3) is 0.412. The molecule has 0 saturated heterocycles. The van der Waals surface area contributed by atoms with Crippen LogP contribution in [0.3, 0.4) is 0 Å². The Morgan fingerprint density at radius 2 is 2.04 bits per heavy atom. The minimum atomic E-state index is -0.516. The van der Waals surface area contributed by atoms with Crippen LogP contribution in [0.1, 0.15) is 32.1 Å². The van der Waals surface area contributed by atoms with Gasteiger partial charge in [0.05, 0.1) is 4.92 Å². The van der Waals surface area contributed by atoms with Gasteiger partial charge in [0.25, 0.3) is 11.6 Å². The zero-order chi connectivity index (χ0) is 17.5. The molecule has 1 amide bonds. The normalized spacial score (nSPS) is 15.4. The molecule has 2 rings (SSSR count). The van der Waals surface area contributed by atoms with Crippen LogP contribution in [-0.4, -0.2) is 28.8 Å². The summed E-state index contributed by atoms with van der Waals surface area (Å²) in [4.78, 5) is 24.6. The molecule has 0 aliphatic heterocycles. The summed E-state index contributed by atoms with van der Waals surface area (Å²) in [5.74, 6) is -0.365. The third kappa shape index (κ3) is 4.10. The van der Waals surface area contributed by atoms with Crippen LogP contribution in [0.25, 0.3) is 0 Å². The molecule has 0 unspecified atom stereocenters. The molecule has 1 saturated carbocycles. The molecule has 0 bridgehead atoms. The Bertz CT molecular complexity index is 687. The Hall–Kier alpha value is -2.88. The van der Waals surface area contributed by atoms with E-state index < -0.39 is 4.92 Å². The molecule has 0 radical (unpaired) electrons. The average molecular weight is 328 g/mol. The van der Waals surface area contributed by atoms with Gasteiger partial charge in [-0.05, 0) is 18.9 Å². The predicted octanol–water partition coefficient (Wildman–Crippen LogP) is 3.21. The fourth-order valence-corrected chi connectivity index (χ4v) is 2.87. The highest BCUT2D eigenvalue weighted by atomic mass is 16.6. The van der Waals surface area contributed by atoms with Gasteiger partial charge in [0, 0.05) is 25.4 Å². The maximum absolute atomic E-state index is 12.5. The molecule has 0 spiro atoms. The zero-order valence-corrected chi connectivity index (χ0v) is 13.6. The van der Waals surface area contributed by atoms with E-state index in [2.05, 4.69) is 5.32 Å². The van der Waals surface area contributed by atoms with Gasteiger partial charge in [-0.25, -0.2) is 0 Å². The van der Waals surface area contributed by atoms with Crippen LogP contribution in [0, 0.1) is 21.4 Å². The third-order valence-corrected chi connectivity index (χ3v) is 4.27. The number of rotatable bonds is 5. The summed E-state index contributed by atoms with van der Waals surface area (Å²) in [6.07, 6.45) is 6.48. The summed E-state index contributed by atoms with van der Waals surface area (Å²) >= 11 is 0. The van der Waals surface area contributed by atoms with Gasteiger partial charge in [0.1, 0.15) is 17.3 Å². The Labute approximate surface area is 140 Å². The SMILES string of the molecule is CN(C(=O)/C(C#N)=C\Nc1ccccc1[N+](=O)[O-])C1CCCCC1. The molecule has 1 aromatic carbocycles. The average Bonchev–Trinajstić information content (AvgIpc) is 2.62. The van der Waals surface area contributed by atoms with Crippen molar-refractivity contribution >= 4 is 17.3 Å². The fourth-order valence-electron chi connectivity index (χ4n) is 2.87. The molecule has 0 aromatic heterocycles. The number of nitrogens with one attached hydrogen (secondary N) is 1. The third-order valence-electron chi connectivity index (χ3n) is 4.27. The van der Waals surface area contributed by atoms with Crippen LogP contribution < -0.4 is 5.32 Å². The van der Waals surface area contributed by atoms with E-state index in [0.717, 1.165) is 25.7 Å². The van der Waals surface area contributed by atoms with Crippen molar-refractivity contribution in [3.8, 4) is 6.07 Å². The van der Waals surface area contributed by atoms with Gasteiger partial charge >= 0.3 is 0 Å². The van der Waals surface area contributed by atoms with Crippen LogP contribution in [0.5, 0.6) is 0 Å². The number of benzene rings is 1. The highest BCUT2D eigenvalue weighted by molar-refractivity contribution is 5.97. The minimum Gasteiger partial charge on any atom is -0.355 e. The lowest BCUT2D eigenvalue weighted by atomic mass is 9.94. The van der Waals surface area contributed by atoms with Crippen molar-refractivity contribution in [1.29, 1.82) is 5.26 Å². The minimum absolute atomic E-state index is 0.0683. The van der Waals surface area contributed by atoms with E-state index in [0.29, 0.717) is 0 Å². The smallest absolute Gasteiger partial charge is 0.292 e. The standard InChI is InChI=1S/C17H20N4O3/c1-20(14-7-3-2-4-8-14)17(22)13(11-18)12-19-15-9-5-6-10-16(15)21(23)24/h5-6,9-10,12,14,19H,2-4,7-8H2,1H3/b13-12-. The van der Waals surface area contributed by atoms with Gasteiger partial charge < -0.3 is 10.2 Å². The van der Waals surface area contributed by atoms with Gasteiger partial charge in [-0.2, -0.15) is 5.26 Å². The molecule has 126 valence electrons. The number of likely N-dealkylation sites (N-methyl/N-ethyl adjacent to an activating group) is 1.